The van der Waals surface area contributed by atoms with Crippen molar-refractivity contribution in [3.05, 3.63) is 47.4 Å². The van der Waals surface area contributed by atoms with Gasteiger partial charge in [0.15, 0.2) is 11.5 Å². The zero-order valence-electron chi connectivity index (χ0n) is 14.0. The average Bonchev–Trinajstić information content (AvgIpc) is 3.10. The molecule has 4 rings (SSSR count). The Kier molecular flexibility index (Phi) is 3.35. The van der Waals surface area contributed by atoms with Crippen LogP contribution in [0.1, 0.15) is 16.8 Å². The normalized spacial score (nSPS) is 11.7. The van der Waals surface area contributed by atoms with E-state index < -0.39 is 0 Å². The number of benzene rings is 1. The zero-order chi connectivity index (χ0) is 16.8. The highest BCUT2D eigenvalue weighted by Gasteiger charge is 2.18. The van der Waals surface area contributed by atoms with Gasteiger partial charge in [0.1, 0.15) is 12.0 Å². The summed E-state index contributed by atoms with van der Waals surface area (Å²) in [6, 6.07) is 8.16. The van der Waals surface area contributed by atoms with E-state index in [1.807, 2.05) is 23.6 Å². The summed E-state index contributed by atoms with van der Waals surface area (Å²) >= 11 is 0. The fraction of sp³-hybridized carbons (Fsp3) is 0.278. The Bertz CT molecular complexity index is 1060. The molecule has 0 aliphatic rings. The summed E-state index contributed by atoms with van der Waals surface area (Å²) in [4.78, 5) is 9.31. The molecule has 1 aromatic carbocycles. The molecule has 0 radical (unpaired) electrons. The molecule has 24 heavy (non-hydrogen) atoms. The van der Waals surface area contributed by atoms with Crippen LogP contribution in [0.2, 0.25) is 0 Å². The average molecular weight is 321 g/mol. The maximum atomic E-state index is 9.32. The summed E-state index contributed by atoms with van der Waals surface area (Å²) in [7, 11) is 0. The Morgan fingerprint density at radius 3 is 2.71 bits per heavy atom. The molecule has 0 saturated heterocycles. The third-order valence-electron chi connectivity index (χ3n) is 4.55. The molecular weight excluding hydrogens is 302 g/mol. The molecule has 122 valence electrons. The topological polar surface area (TPSA) is 68.2 Å². The van der Waals surface area contributed by atoms with E-state index in [0.29, 0.717) is 12.4 Å². The molecule has 0 bridgehead atoms. The van der Waals surface area contributed by atoms with E-state index in [0.717, 1.165) is 33.5 Å². The van der Waals surface area contributed by atoms with Gasteiger partial charge in [-0.15, -0.1) is 5.10 Å². The van der Waals surface area contributed by atoms with Gasteiger partial charge in [0.25, 0.3) is 0 Å². The molecule has 0 amide bonds. The first-order chi connectivity index (χ1) is 11.6. The molecule has 0 atom stereocenters. The first-order valence-corrected chi connectivity index (χ1v) is 7.99. The van der Waals surface area contributed by atoms with E-state index in [2.05, 4.69) is 36.1 Å². The van der Waals surface area contributed by atoms with Gasteiger partial charge in [-0.25, -0.2) is 14.5 Å². The molecule has 3 aromatic heterocycles. The van der Waals surface area contributed by atoms with Crippen molar-refractivity contribution >= 4 is 16.7 Å². The summed E-state index contributed by atoms with van der Waals surface area (Å²) in [6.45, 7) is 6.77. The fourth-order valence-corrected chi connectivity index (χ4v) is 3.21. The van der Waals surface area contributed by atoms with Crippen LogP contribution < -0.4 is 0 Å². The monoisotopic (exact) mass is 321 g/mol. The molecule has 0 spiro atoms. The van der Waals surface area contributed by atoms with Gasteiger partial charge in [0.2, 0.25) is 0 Å². The molecule has 6 heteroatoms. The van der Waals surface area contributed by atoms with Crippen molar-refractivity contribution in [2.24, 2.45) is 0 Å². The number of fused-ring (bicyclic) bond motifs is 3. The quantitative estimate of drug-likeness (QED) is 0.630. The maximum Gasteiger partial charge on any atom is 0.182 e. The van der Waals surface area contributed by atoms with Gasteiger partial charge in [-0.05, 0) is 32.4 Å². The van der Waals surface area contributed by atoms with Crippen molar-refractivity contribution < 1.29 is 5.11 Å². The summed E-state index contributed by atoms with van der Waals surface area (Å²) in [6.07, 6.45) is 1.69. The molecule has 0 aliphatic heterocycles. The summed E-state index contributed by atoms with van der Waals surface area (Å²) < 4.78 is 3.77. The predicted molar refractivity (Wildman–Crippen MR) is 93.0 cm³/mol. The molecule has 4 aromatic rings. The Labute approximate surface area is 139 Å². The standard InChI is InChI=1S/C18H19N5O/c1-11-5-4-6-14(9-11)16-20-18-15-12(2)13(3)22(7-8-24)17(15)19-10-23(18)21-16/h4-6,9-10,24H,7-8H2,1-3H3. The summed E-state index contributed by atoms with van der Waals surface area (Å²) in [5.74, 6) is 0.694. The first kappa shape index (κ1) is 14.8. The minimum absolute atomic E-state index is 0.0815. The van der Waals surface area contributed by atoms with Crippen LogP contribution in [0.25, 0.3) is 28.1 Å². The van der Waals surface area contributed by atoms with Crippen LogP contribution in [0.4, 0.5) is 0 Å². The third-order valence-corrected chi connectivity index (χ3v) is 4.55. The lowest BCUT2D eigenvalue weighted by atomic mass is 10.1. The van der Waals surface area contributed by atoms with Crippen LogP contribution in [0.5, 0.6) is 0 Å². The van der Waals surface area contributed by atoms with Gasteiger partial charge >= 0.3 is 0 Å². The van der Waals surface area contributed by atoms with Gasteiger partial charge in [-0.3, -0.25) is 0 Å². The SMILES string of the molecule is Cc1cccc(-c2nc3c4c(C)c(C)n(CCO)c4ncn3n2)c1. The van der Waals surface area contributed by atoms with Crippen LogP contribution >= 0.6 is 0 Å². The third kappa shape index (κ3) is 2.11. The lowest BCUT2D eigenvalue weighted by molar-refractivity contribution is 0.276. The van der Waals surface area contributed by atoms with Crippen molar-refractivity contribution in [3.8, 4) is 11.4 Å². The number of hydrogen-bond acceptors (Lipinski definition) is 4. The smallest absolute Gasteiger partial charge is 0.182 e. The molecule has 1 N–H and O–H groups in total. The van der Waals surface area contributed by atoms with Crippen molar-refractivity contribution in [1.29, 1.82) is 0 Å². The Hall–Kier alpha value is -2.73. The highest BCUT2D eigenvalue weighted by molar-refractivity contribution is 5.94. The Morgan fingerprint density at radius 2 is 1.96 bits per heavy atom. The minimum Gasteiger partial charge on any atom is -0.395 e. The van der Waals surface area contributed by atoms with E-state index in [4.69, 9.17) is 4.98 Å². The number of nitrogens with zero attached hydrogens (tertiary/aromatic N) is 5. The van der Waals surface area contributed by atoms with E-state index in [9.17, 15) is 5.11 Å². The van der Waals surface area contributed by atoms with Crippen LogP contribution in [-0.2, 0) is 6.54 Å². The highest BCUT2D eigenvalue weighted by atomic mass is 16.3. The molecule has 3 heterocycles. The summed E-state index contributed by atoms with van der Waals surface area (Å²) in [5.41, 5.74) is 6.04. The van der Waals surface area contributed by atoms with Gasteiger partial charge in [-0.2, -0.15) is 0 Å². The van der Waals surface area contributed by atoms with Crippen molar-refractivity contribution in [1.82, 2.24) is 24.1 Å². The molecular formula is C18H19N5O. The number of aryl methyl sites for hydroxylation is 2. The molecule has 6 nitrogen and oxygen atoms in total. The minimum atomic E-state index is 0.0815. The molecule has 0 saturated carbocycles. The Balaban J connectivity index is 2.00. The predicted octanol–water partition coefficient (Wildman–Crippen LogP) is 2.66. The lowest BCUT2D eigenvalue weighted by Crippen LogP contribution is -2.05. The lowest BCUT2D eigenvalue weighted by Gasteiger charge is -2.04. The highest BCUT2D eigenvalue weighted by Crippen LogP contribution is 2.28. The van der Waals surface area contributed by atoms with Crippen LogP contribution in [0, 0.1) is 20.8 Å². The number of aromatic nitrogens is 5. The van der Waals surface area contributed by atoms with E-state index >= 15 is 0 Å². The van der Waals surface area contributed by atoms with Crippen molar-refractivity contribution in [3.63, 3.8) is 0 Å². The van der Waals surface area contributed by atoms with Gasteiger partial charge in [0, 0.05) is 17.8 Å². The number of hydrogen-bond donors (Lipinski definition) is 1. The molecule has 0 fully saturated rings. The zero-order valence-corrected chi connectivity index (χ0v) is 14.0. The van der Waals surface area contributed by atoms with Crippen LogP contribution in [0.3, 0.4) is 0 Å². The summed E-state index contributed by atoms with van der Waals surface area (Å²) in [5, 5.41) is 14.9. The molecule has 0 aliphatic carbocycles. The fourth-order valence-electron chi connectivity index (χ4n) is 3.21. The van der Waals surface area contributed by atoms with Gasteiger partial charge in [-0.1, -0.05) is 23.8 Å². The van der Waals surface area contributed by atoms with E-state index in [1.54, 1.807) is 10.8 Å². The van der Waals surface area contributed by atoms with Gasteiger partial charge in [0.05, 0.1) is 12.0 Å². The second-order valence-corrected chi connectivity index (χ2v) is 6.10. The van der Waals surface area contributed by atoms with Crippen LogP contribution in [-0.4, -0.2) is 35.9 Å². The Morgan fingerprint density at radius 1 is 1.12 bits per heavy atom. The largest absolute Gasteiger partial charge is 0.395 e. The van der Waals surface area contributed by atoms with Gasteiger partial charge < -0.3 is 9.67 Å². The maximum absolute atomic E-state index is 9.32. The second-order valence-electron chi connectivity index (χ2n) is 6.10. The first-order valence-electron chi connectivity index (χ1n) is 7.99. The molecule has 0 unspecified atom stereocenters. The second kappa shape index (κ2) is 5.42. The van der Waals surface area contributed by atoms with Crippen LogP contribution in [0.15, 0.2) is 30.6 Å². The van der Waals surface area contributed by atoms with Crippen molar-refractivity contribution in [2.75, 3.05) is 6.61 Å². The number of aliphatic hydroxyl groups excluding tert-OH is 1. The van der Waals surface area contributed by atoms with E-state index in [-0.39, 0.29) is 6.61 Å². The van der Waals surface area contributed by atoms with Crippen molar-refractivity contribution in [2.45, 2.75) is 27.3 Å². The number of rotatable bonds is 3. The number of aliphatic hydroxyl groups is 1. The van der Waals surface area contributed by atoms with E-state index in [1.165, 1.54) is 5.56 Å².